The Morgan fingerprint density at radius 1 is 0.826 bits per heavy atom. The molecule has 1 aliphatic rings. The number of carbonyl (C=O) groups excluding carboxylic acids is 2. The zero-order valence-corrected chi connectivity index (χ0v) is 13.8. The SMILES string of the molecule is O=C1C(Cl)=C(Nc2ccc(Cl)cc2)C(=O)N1c1ccccc1Cl. The summed E-state index contributed by atoms with van der Waals surface area (Å²) in [4.78, 5) is 25.8. The van der Waals surface area contributed by atoms with Crippen LogP contribution in [0.25, 0.3) is 0 Å². The maximum atomic E-state index is 12.6. The number of nitrogens with zero attached hydrogens (tertiary/aromatic N) is 1. The van der Waals surface area contributed by atoms with Crippen LogP contribution in [0.5, 0.6) is 0 Å². The summed E-state index contributed by atoms with van der Waals surface area (Å²) in [6.07, 6.45) is 0. The number of nitrogens with one attached hydrogen (secondary N) is 1. The Morgan fingerprint density at radius 3 is 2.13 bits per heavy atom. The summed E-state index contributed by atoms with van der Waals surface area (Å²) in [6.45, 7) is 0. The Morgan fingerprint density at radius 2 is 1.48 bits per heavy atom. The Hall–Kier alpha value is -2.01. The minimum Gasteiger partial charge on any atom is -0.350 e. The van der Waals surface area contributed by atoms with Gasteiger partial charge >= 0.3 is 0 Å². The van der Waals surface area contributed by atoms with Crippen molar-refractivity contribution in [2.24, 2.45) is 0 Å². The van der Waals surface area contributed by atoms with Gasteiger partial charge in [-0.15, -0.1) is 0 Å². The van der Waals surface area contributed by atoms with Crippen LogP contribution in [0.15, 0.2) is 59.3 Å². The van der Waals surface area contributed by atoms with Crippen molar-refractivity contribution in [1.82, 2.24) is 0 Å². The maximum Gasteiger partial charge on any atom is 0.283 e. The molecule has 0 radical (unpaired) electrons. The van der Waals surface area contributed by atoms with E-state index in [2.05, 4.69) is 5.32 Å². The first-order chi connectivity index (χ1) is 11.0. The molecule has 0 aliphatic carbocycles. The van der Waals surface area contributed by atoms with Crippen molar-refractivity contribution >= 4 is 58.0 Å². The molecule has 0 saturated carbocycles. The van der Waals surface area contributed by atoms with Crippen molar-refractivity contribution in [3.8, 4) is 0 Å². The molecule has 0 saturated heterocycles. The first-order valence-corrected chi connectivity index (χ1v) is 7.68. The lowest BCUT2D eigenvalue weighted by atomic mass is 10.3. The average molecular weight is 368 g/mol. The molecular formula is C16H9Cl3N2O2. The van der Waals surface area contributed by atoms with Crippen molar-refractivity contribution < 1.29 is 9.59 Å². The normalized spacial score (nSPS) is 14.7. The molecule has 0 bridgehead atoms. The van der Waals surface area contributed by atoms with Crippen LogP contribution >= 0.6 is 34.8 Å². The molecule has 2 aromatic rings. The van der Waals surface area contributed by atoms with Gasteiger partial charge in [-0.25, -0.2) is 4.90 Å². The average Bonchev–Trinajstić information content (AvgIpc) is 2.74. The van der Waals surface area contributed by atoms with Gasteiger partial charge in [0.1, 0.15) is 10.7 Å². The van der Waals surface area contributed by atoms with E-state index in [0.717, 1.165) is 4.90 Å². The highest BCUT2D eigenvalue weighted by Crippen LogP contribution is 2.34. The van der Waals surface area contributed by atoms with Crippen LogP contribution < -0.4 is 10.2 Å². The first kappa shape index (κ1) is 15.9. The van der Waals surface area contributed by atoms with Crippen LogP contribution in [-0.2, 0) is 9.59 Å². The monoisotopic (exact) mass is 366 g/mol. The number of para-hydroxylation sites is 1. The second-order valence-electron chi connectivity index (χ2n) is 4.72. The van der Waals surface area contributed by atoms with Gasteiger partial charge in [0.05, 0.1) is 10.7 Å². The van der Waals surface area contributed by atoms with Gasteiger partial charge < -0.3 is 5.32 Å². The van der Waals surface area contributed by atoms with E-state index < -0.39 is 11.8 Å². The number of imide groups is 1. The van der Waals surface area contributed by atoms with Gasteiger partial charge in [0, 0.05) is 10.7 Å². The number of carbonyl (C=O) groups is 2. The molecule has 0 spiro atoms. The highest BCUT2D eigenvalue weighted by atomic mass is 35.5. The Balaban J connectivity index is 1.93. The van der Waals surface area contributed by atoms with Crippen LogP contribution in [0, 0.1) is 0 Å². The third-order valence-electron chi connectivity index (χ3n) is 3.23. The van der Waals surface area contributed by atoms with Crippen LogP contribution in [-0.4, -0.2) is 11.8 Å². The first-order valence-electron chi connectivity index (χ1n) is 6.54. The Labute approximate surface area is 147 Å². The molecule has 1 aliphatic heterocycles. The van der Waals surface area contributed by atoms with Crippen LogP contribution in [0.4, 0.5) is 11.4 Å². The molecular weight excluding hydrogens is 359 g/mol. The molecule has 3 rings (SSSR count). The van der Waals surface area contributed by atoms with Crippen molar-refractivity contribution in [2.45, 2.75) is 0 Å². The van der Waals surface area contributed by atoms with Gasteiger partial charge in [0.25, 0.3) is 11.8 Å². The summed E-state index contributed by atoms with van der Waals surface area (Å²) >= 11 is 17.9. The fraction of sp³-hybridized carbons (Fsp3) is 0. The predicted octanol–water partition coefficient (Wildman–Crippen LogP) is 4.43. The number of halogens is 3. The third kappa shape index (κ3) is 2.93. The molecule has 0 unspecified atom stereocenters. The van der Waals surface area contributed by atoms with E-state index in [1.165, 1.54) is 0 Å². The number of hydrogen-bond acceptors (Lipinski definition) is 3. The second kappa shape index (κ2) is 6.24. The number of hydrogen-bond donors (Lipinski definition) is 1. The van der Waals surface area contributed by atoms with Crippen molar-refractivity contribution in [1.29, 1.82) is 0 Å². The predicted molar refractivity (Wildman–Crippen MR) is 91.9 cm³/mol. The topological polar surface area (TPSA) is 49.4 Å². The van der Waals surface area contributed by atoms with Gasteiger partial charge in [0.15, 0.2) is 0 Å². The van der Waals surface area contributed by atoms with Crippen molar-refractivity contribution in [3.63, 3.8) is 0 Å². The van der Waals surface area contributed by atoms with E-state index in [1.54, 1.807) is 48.5 Å². The lowest BCUT2D eigenvalue weighted by molar-refractivity contribution is -0.120. The molecule has 1 N–H and O–H groups in total. The highest BCUT2D eigenvalue weighted by molar-refractivity contribution is 6.53. The second-order valence-corrected chi connectivity index (χ2v) is 5.94. The summed E-state index contributed by atoms with van der Waals surface area (Å²) in [6, 6.07) is 13.2. The van der Waals surface area contributed by atoms with Crippen LogP contribution in [0.1, 0.15) is 0 Å². The third-order valence-corrected chi connectivity index (χ3v) is 4.16. The summed E-state index contributed by atoms with van der Waals surface area (Å²) < 4.78 is 0. The Bertz CT molecular complexity index is 831. The molecule has 7 heteroatoms. The molecule has 4 nitrogen and oxygen atoms in total. The standard InChI is InChI=1S/C16H9Cl3N2O2/c17-9-5-7-10(8-6-9)20-14-13(19)15(22)21(16(14)23)12-4-2-1-3-11(12)18/h1-8,20H. The molecule has 0 fully saturated rings. The van der Waals surface area contributed by atoms with E-state index in [1.807, 2.05) is 0 Å². The smallest absolute Gasteiger partial charge is 0.283 e. The van der Waals surface area contributed by atoms with Gasteiger partial charge in [-0.3, -0.25) is 9.59 Å². The van der Waals surface area contributed by atoms with E-state index in [4.69, 9.17) is 34.8 Å². The van der Waals surface area contributed by atoms with E-state index >= 15 is 0 Å². The molecule has 1 heterocycles. The zero-order valence-electron chi connectivity index (χ0n) is 11.5. The summed E-state index contributed by atoms with van der Waals surface area (Å²) in [5.41, 5.74) is 0.874. The maximum absolute atomic E-state index is 12.6. The summed E-state index contributed by atoms with van der Waals surface area (Å²) in [5.74, 6) is -1.19. The summed E-state index contributed by atoms with van der Waals surface area (Å²) in [7, 11) is 0. The van der Waals surface area contributed by atoms with E-state index in [9.17, 15) is 9.59 Å². The lowest BCUT2D eigenvalue weighted by Gasteiger charge is -2.16. The van der Waals surface area contributed by atoms with Gasteiger partial charge in [-0.05, 0) is 36.4 Å². The lowest BCUT2D eigenvalue weighted by Crippen LogP contribution is -2.32. The molecule has 116 valence electrons. The number of benzene rings is 2. The molecule has 2 aromatic carbocycles. The van der Waals surface area contributed by atoms with Crippen LogP contribution in [0.2, 0.25) is 10.0 Å². The van der Waals surface area contributed by atoms with Gasteiger partial charge in [0.2, 0.25) is 0 Å². The number of amides is 2. The van der Waals surface area contributed by atoms with E-state index in [0.29, 0.717) is 10.7 Å². The van der Waals surface area contributed by atoms with Crippen molar-refractivity contribution in [2.75, 3.05) is 10.2 Å². The fourth-order valence-electron chi connectivity index (χ4n) is 2.14. The highest BCUT2D eigenvalue weighted by Gasteiger charge is 2.39. The number of rotatable bonds is 3. The minimum absolute atomic E-state index is 0.00101. The van der Waals surface area contributed by atoms with Gasteiger partial charge in [-0.2, -0.15) is 0 Å². The molecule has 0 aromatic heterocycles. The summed E-state index contributed by atoms with van der Waals surface area (Å²) in [5, 5.41) is 3.50. The largest absolute Gasteiger partial charge is 0.350 e. The van der Waals surface area contributed by atoms with Crippen LogP contribution in [0.3, 0.4) is 0 Å². The molecule has 2 amide bonds. The molecule has 23 heavy (non-hydrogen) atoms. The zero-order chi connectivity index (χ0) is 16.6. The van der Waals surface area contributed by atoms with E-state index in [-0.39, 0.29) is 21.4 Å². The number of anilines is 2. The van der Waals surface area contributed by atoms with Gasteiger partial charge in [-0.1, -0.05) is 46.9 Å². The van der Waals surface area contributed by atoms with Crippen molar-refractivity contribution in [3.05, 3.63) is 69.3 Å². The quantitative estimate of drug-likeness (QED) is 0.817. The fourth-order valence-corrected chi connectivity index (χ4v) is 2.70. The Kier molecular flexibility index (Phi) is 4.31. The molecule has 0 atom stereocenters. The minimum atomic E-state index is -0.624.